The Kier molecular flexibility index (Phi) is 4.97. The Morgan fingerprint density at radius 1 is 1.68 bits per heavy atom. The minimum Gasteiger partial charge on any atom is -0.384 e. The van der Waals surface area contributed by atoms with Crippen molar-refractivity contribution in [2.75, 3.05) is 19.7 Å². The van der Waals surface area contributed by atoms with Crippen molar-refractivity contribution < 1.29 is 9.90 Å². The number of nitrogens with one attached hydrogen (secondary N) is 1. The van der Waals surface area contributed by atoms with Crippen LogP contribution in [0.15, 0.2) is 11.4 Å². The summed E-state index contributed by atoms with van der Waals surface area (Å²) in [6, 6.07) is 2.26. The van der Waals surface area contributed by atoms with E-state index in [0.717, 1.165) is 31.6 Å². The summed E-state index contributed by atoms with van der Waals surface area (Å²) in [6.07, 6.45) is 1.00. The van der Waals surface area contributed by atoms with Crippen molar-refractivity contribution in [3.63, 3.8) is 0 Å². The standard InChI is InChI=1S/C14H18N2O2S/c1-11(18)15-13-4-6-16(9-13)10-14-12(3-2-7-17)5-8-19-14/h5,8,13,17H,4,6-7,9-10H2,1H3,(H,15,18). The van der Waals surface area contributed by atoms with E-state index in [-0.39, 0.29) is 18.6 Å². The number of aliphatic hydroxyl groups is 1. The summed E-state index contributed by atoms with van der Waals surface area (Å²) in [7, 11) is 0. The van der Waals surface area contributed by atoms with Gasteiger partial charge in [-0.05, 0) is 17.9 Å². The monoisotopic (exact) mass is 278 g/mol. The topological polar surface area (TPSA) is 52.6 Å². The van der Waals surface area contributed by atoms with Crippen LogP contribution in [0.3, 0.4) is 0 Å². The van der Waals surface area contributed by atoms with Gasteiger partial charge < -0.3 is 10.4 Å². The van der Waals surface area contributed by atoms with Crippen LogP contribution in [0.25, 0.3) is 0 Å². The lowest BCUT2D eigenvalue weighted by molar-refractivity contribution is -0.119. The van der Waals surface area contributed by atoms with E-state index < -0.39 is 0 Å². The number of nitrogens with zero attached hydrogens (tertiary/aromatic N) is 1. The zero-order chi connectivity index (χ0) is 13.7. The van der Waals surface area contributed by atoms with E-state index in [9.17, 15) is 4.79 Å². The molecular formula is C14H18N2O2S. The molecule has 0 aromatic carbocycles. The highest BCUT2D eigenvalue weighted by atomic mass is 32.1. The van der Waals surface area contributed by atoms with Gasteiger partial charge in [0.05, 0.1) is 0 Å². The van der Waals surface area contributed by atoms with Gasteiger partial charge in [0.15, 0.2) is 0 Å². The molecule has 0 saturated carbocycles. The molecule has 1 aromatic heterocycles. The Labute approximate surface area is 117 Å². The lowest BCUT2D eigenvalue weighted by Crippen LogP contribution is -2.35. The summed E-state index contributed by atoms with van der Waals surface area (Å²) < 4.78 is 0. The van der Waals surface area contributed by atoms with Gasteiger partial charge in [-0.15, -0.1) is 11.3 Å². The number of amides is 1. The second-order valence-corrected chi connectivity index (χ2v) is 5.64. The van der Waals surface area contributed by atoms with E-state index >= 15 is 0 Å². The van der Waals surface area contributed by atoms with Gasteiger partial charge in [0.1, 0.15) is 6.61 Å². The third-order valence-electron chi connectivity index (χ3n) is 3.09. The maximum atomic E-state index is 11.0. The summed E-state index contributed by atoms with van der Waals surface area (Å²) in [4.78, 5) is 14.6. The maximum Gasteiger partial charge on any atom is 0.217 e. The van der Waals surface area contributed by atoms with Crippen LogP contribution in [0.1, 0.15) is 23.8 Å². The van der Waals surface area contributed by atoms with E-state index in [1.807, 2.05) is 11.4 Å². The molecule has 5 heteroatoms. The number of hydrogen-bond donors (Lipinski definition) is 2. The quantitative estimate of drug-likeness (QED) is 0.804. The van der Waals surface area contributed by atoms with Gasteiger partial charge in [0.25, 0.3) is 0 Å². The molecule has 1 fully saturated rings. The predicted molar refractivity (Wildman–Crippen MR) is 75.8 cm³/mol. The first-order chi connectivity index (χ1) is 9.19. The first-order valence-corrected chi connectivity index (χ1v) is 7.22. The van der Waals surface area contributed by atoms with Crippen LogP contribution in [0.5, 0.6) is 0 Å². The number of hydrogen-bond acceptors (Lipinski definition) is 4. The van der Waals surface area contributed by atoms with Crippen molar-refractivity contribution >= 4 is 17.2 Å². The highest BCUT2D eigenvalue weighted by Crippen LogP contribution is 2.20. The second kappa shape index (κ2) is 6.71. The van der Waals surface area contributed by atoms with Crippen molar-refractivity contribution in [2.24, 2.45) is 0 Å². The molecule has 0 aliphatic carbocycles. The SMILES string of the molecule is CC(=O)NC1CCN(Cc2sccc2C#CCO)C1. The molecule has 102 valence electrons. The fraction of sp³-hybridized carbons (Fsp3) is 0.500. The summed E-state index contributed by atoms with van der Waals surface area (Å²) in [5, 5.41) is 13.7. The van der Waals surface area contributed by atoms with E-state index in [2.05, 4.69) is 22.1 Å². The lowest BCUT2D eigenvalue weighted by atomic mass is 10.2. The molecule has 1 aromatic rings. The zero-order valence-electron chi connectivity index (χ0n) is 11.0. The van der Waals surface area contributed by atoms with Crippen LogP contribution >= 0.6 is 11.3 Å². The van der Waals surface area contributed by atoms with Crippen molar-refractivity contribution in [3.05, 3.63) is 21.9 Å². The zero-order valence-corrected chi connectivity index (χ0v) is 11.8. The van der Waals surface area contributed by atoms with Crippen LogP contribution in [-0.2, 0) is 11.3 Å². The molecule has 19 heavy (non-hydrogen) atoms. The number of aliphatic hydroxyl groups excluding tert-OH is 1. The summed E-state index contributed by atoms with van der Waals surface area (Å²) in [5.41, 5.74) is 1.00. The highest BCUT2D eigenvalue weighted by Gasteiger charge is 2.23. The molecule has 2 rings (SSSR count). The molecule has 4 nitrogen and oxygen atoms in total. The molecular weight excluding hydrogens is 260 g/mol. The molecule has 1 aliphatic heterocycles. The number of carbonyl (C=O) groups excluding carboxylic acids is 1. The van der Waals surface area contributed by atoms with E-state index in [0.29, 0.717) is 0 Å². The fourth-order valence-corrected chi connectivity index (χ4v) is 3.17. The summed E-state index contributed by atoms with van der Waals surface area (Å²) in [6.45, 7) is 4.21. The smallest absolute Gasteiger partial charge is 0.217 e. The van der Waals surface area contributed by atoms with Gasteiger partial charge in [0, 0.05) is 43.0 Å². The van der Waals surface area contributed by atoms with Crippen molar-refractivity contribution in [3.8, 4) is 11.8 Å². The van der Waals surface area contributed by atoms with Crippen LogP contribution in [-0.4, -0.2) is 41.7 Å². The molecule has 0 radical (unpaired) electrons. The lowest BCUT2D eigenvalue weighted by Gasteiger charge is -2.15. The summed E-state index contributed by atoms with van der Waals surface area (Å²) in [5.74, 6) is 5.70. The molecule has 1 unspecified atom stereocenters. The van der Waals surface area contributed by atoms with Gasteiger partial charge in [-0.3, -0.25) is 9.69 Å². The molecule has 0 bridgehead atoms. The average Bonchev–Trinajstić information content (AvgIpc) is 2.96. The molecule has 0 spiro atoms. The normalized spacial score (nSPS) is 18.9. The maximum absolute atomic E-state index is 11.0. The fourth-order valence-electron chi connectivity index (χ4n) is 2.29. The minimum absolute atomic E-state index is 0.0393. The van der Waals surface area contributed by atoms with Crippen LogP contribution < -0.4 is 5.32 Å². The number of likely N-dealkylation sites (tertiary alicyclic amines) is 1. The van der Waals surface area contributed by atoms with Gasteiger partial charge in [0.2, 0.25) is 5.91 Å². The number of carbonyl (C=O) groups is 1. The average molecular weight is 278 g/mol. The molecule has 1 amide bonds. The number of thiophene rings is 1. The Morgan fingerprint density at radius 2 is 2.53 bits per heavy atom. The van der Waals surface area contributed by atoms with Gasteiger partial charge in [-0.2, -0.15) is 0 Å². The highest BCUT2D eigenvalue weighted by molar-refractivity contribution is 7.10. The van der Waals surface area contributed by atoms with E-state index in [1.54, 1.807) is 18.3 Å². The molecule has 2 N–H and O–H groups in total. The molecule has 1 saturated heterocycles. The van der Waals surface area contributed by atoms with Gasteiger partial charge >= 0.3 is 0 Å². The van der Waals surface area contributed by atoms with Gasteiger partial charge in [-0.1, -0.05) is 11.8 Å². The van der Waals surface area contributed by atoms with Crippen LogP contribution in [0, 0.1) is 11.8 Å². The molecule has 2 heterocycles. The van der Waals surface area contributed by atoms with E-state index in [4.69, 9.17) is 5.11 Å². The predicted octanol–water partition coefficient (Wildman–Crippen LogP) is 0.802. The van der Waals surface area contributed by atoms with Crippen molar-refractivity contribution in [1.82, 2.24) is 10.2 Å². The largest absolute Gasteiger partial charge is 0.384 e. The molecule has 1 aliphatic rings. The second-order valence-electron chi connectivity index (χ2n) is 4.64. The van der Waals surface area contributed by atoms with Crippen molar-refractivity contribution in [2.45, 2.75) is 25.9 Å². The van der Waals surface area contributed by atoms with Crippen LogP contribution in [0.4, 0.5) is 0 Å². The van der Waals surface area contributed by atoms with E-state index in [1.165, 1.54) is 4.88 Å². The third-order valence-corrected chi connectivity index (χ3v) is 4.00. The summed E-state index contributed by atoms with van der Waals surface area (Å²) >= 11 is 1.69. The Morgan fingerprint density at radius 3 is 3.26 bits per heavy atom. The first-order valence-electron chi connectivity index (χ1n) is 6.34. The van der Waals surface area contributed by atoms with Crippen LogP contribution in [0.2, 0.25) is 0 Å². The Bertz CT molecular complexity index is 501. The molecule has 1 atom stereocenters. The number of rotatable bonds is 3. The minimum atomic E-state index is -0.108. The first kappa shape index (κ1) is 14.1. The van der Waals surface area contributed by atoms with Gasteiger partial charge in [-0.25, -0.2) is 0 Å². The Balaban J connectivity index is 1.92. The van der Waals surface area contributed by atoms with Crippen molar-refractivity contribution in [1.29, 1.82) is 0 Å². The third kappa shape index (κ3) is 4.06. The Hall–Kier alpha value is -1.35.